The van der Waals surface area contributed by atoms with E-state index in [1.165, 1.54) is 0 Å². The van der Waals surface area contributed by atoms with Crippen LogP contribution >= 0.6 is 0 Å². The first kappa shape index (κ1) is 14.3. The van der Waals surface area contributed by atoms with Crippen LogP contribution in [0.25, 0.3) is 0 Å². The Balaban J connectivity index is 1.62. The monoisotopic (exact) mass is 281 g/mol. The fraction of sp³-hybridized carbons (Fsp3) is 0.933. The van der Waals surface area contributed by atoms with Crippen LogP contribution in [0.4, 0.5) is 0 Å². The average molecular weight is 281 g/mol. The highest BCUT2D eigenvalue weighted by Gasteiger charge is 2.41. The molecule has 0 bridgehead atoms. The maximum atomic E-state index is 7.69. The number of hydrogen-bond acceptors (Lipinski definition) is 4. The molecule has 3 N–H and O–H groups in total. The standard InChI is InChI=1S/C15H27N3O2/c16-14(17)12-2-1-6-18(11-12)13-3-7-20-15(10-13)4-8-19-9-5-15/h12-13H,1-11H2,(H3,16,17). The summed E-state index contributed by atoms with van der Waals surface area (Å²) in [6, 6.07) is 0.601. The zero-order chi connectivity index (χ0) is 14.0. The molecule has 0 saturated carbocycles. The van der Waals surface area contributed by atoms with Gasteiger partial charge in [-0.25, -0.2) is 0 Å². The maximum absolute atomic E-state index is 7.69. The number of piperidine rings is 1. The van der Waals surface area contributed by atoms with E-state index >= 15 is 0 Å². The molecule has 2 unspecified atom stereocenters. The van der Waals surface area contributed by atoms with Crippen LogP contribution in [0.2, 0.25) is 0 Å². The molecule has 3 aliphatic rings. The Kier molecular flexibility index (Phi) is 4.29. The molecular formula is C15H27N3O2. The number of amidine groups is 1. The van der Waals surface area contributed by atoms with Crippen molar-refractivity contribution in [3.05, 3.63) is 0 Å². The smallest absolute Gasteiger partial charge is 0.0949 e. The van der Waals surface area contributed by atoms with Crippen LogP contribution in [0.3, 0.4) is 0 Å². The molecule has 3 fully saturated rings. The molecule has 1 spiro atoms. The molecule has 20 heavy (non-hydrogen) atoms. The molecule has 3 saturated heterocycles. The lowest BCUT2D eigenvalue weighted by molar-refractivity contribution is -0.152. The first-order valence-electron chi connectivity index (χ1n) is 7.98. The van der Waals surface area contributed by atoms with Gasteiger partial charge in [-0.15, -0.1) is 0 Å². The van der Waals surface area contributed by atoms with Crippen LogP contribution in [0.15, 0.2) is 0 Å². The van der Waals surface area contributed by atoms with Gasteiger partial charge in [0.05, 0.1) is 11.4 Å². The van der Waals surface area contributed by atoms with Gasteiger partial charge in [0.15, 0.2) is 0 Å². The third kappa shape index (κ3) is 3.00. The largest absolute Gasteiger partial charge is 0.387 e. The number of ether oxygens (including phenoxy) is 2. The second kappa shape index (κ2) is 6.00. The van der Waals surface area contributed by atoms with Gasteiger partial charge in [-0.2, -0.15) is 0 Å². The first-order valence-corrected chi connectivity index (χ1v) is 7.98. The molecule has 114 valence electrons. The number of hydrogen-bond donors (Lipinski definition) is 2. The van der Waals surface area contributed by atoms with Crippen molar-refractivity contribution in [3.8, 4) is 0 Å². The quantitative estimate of drug-likeness (QED) is 0.592. The topological polar surface area (TPSA) is 71.6 Å². The second-order valence-corrected chi connectivity index (χ2v) is 6.58. The van der Waals surface area contributed by atoms with Crippen molar-refractivity contribution in [2.75, 3.05) is 32.9 Å². The summed E-state index contributed by atoms with van der Waals surface area (Å²) in [7, 11) is 0. The highest BCUT2D eigenvalue weighted by Crippen LogP contribution is 2.37. The Bertz CT molecular complexity index is 350. The summed E-state index contributed by atoms with van der Waals surface area (Å²) in [6.07, 6.45) is 6.56. The third-order valence-corrected chi connectivity index (χ3v) is 5.28. The van der Waals surface area contributed by atoms with Gasteiger partial charge in [0, 0.05) is 38.3 Å². The van der Waals surface area contributed by atoms with Crippen LogP contribution in [0, 0.1) is 11.3 Å². The molecule has 5 heteroatoms. The molecule has 5 nitrogen and oxygen atoms in total. The summed E-state index contributed by atoms with van der Waals surface area (Å²) in [4.78, 5) is 2.56. The highest BCUT2D eigenvalue weighted by molar-refractivity contribution is 5.79. The van der Waals surface area contributed by atoms with Gasteiger partial charge in [-0.05, 0) is 45.1 Å². The van der Waals surface area contributed by atoms with Crippen molar-refractivity contribution in [1.82, 2.24) is 4.90 Å². The van der Waals surface area contributed by atoms with Gasteiger partial charge in [0.1, 0.15) is 0 Å². The summed E-state index contributed by atoms with van der Waals surface area (Å²) in [5.41, 5.74) is 5.77. The maximum Gasteiger partial charge on any atom is 0.0949 e. The molecule has 0 aromatic carbocycles. The van der Waals surface area contributed by atoms with E-state index in [2.05, 4.69) is 4.90 Å². The lowest BCUT2D eigenvalue weighted by atomic mass is 9.82. The SMILES string of the molecule is N=C(N)C1CCCN(C2CCOC3(CCOCC3)C2)C1. The number of nitrogens with one attached hydrogen (secondary N) is 1. The minimum absolute atomic E-state index is 0.0599. The van der Waals surface area contributed by atoms with Crippen molar-refractivity contribution in [2.24, 2.45) is 11.7 Å². The van der Waals surface area contributed by atoms with E-state index in [0.29, 0.717) is 11.9 Å². The van der Waals surface area contributed by atoms with Gasteiger partial charge < -0.3 is 15.2 Å². The minimum atomic E-state index is 0.0599. The summed E-state index contributed by atoms with van der Waals surface area (Å²) >= 11 is 0. The first-order chi connectivity index (χ1) is 9.69. The van der Waals surface area contributed by atoms with Crippen molar-refractivity contribution in [2.45, 2.75) is 50.2 Å². The number of rotatable bonds is 2. The second-order valence-electron chi connectivity index (χ2n) is 6.58. The molecule has 3 aliphatic heterocycles. The van der Waals surface area contributed by atoms with E-state index in [9.17, 15) is 0 Å². The van der Waals surface area contributed by atoms with Crippen LogP contribution in [0.1, 0.15) is 38.5 Å². The Morgan fingerprint density at radius 2 is 2.00 bits per heavy atom. The molecule has 3 rings (SSSR count). The van der Waals surface area contributed by atoms with Gasteiger partial charge in [0.25, 0.3) is 0 Å². The zero-order valence-corrected chi connectivity index (χ0v) is 12.3. The predicted molar refractivity (Wildman–Crippen MR) is 78.0 cm³/mol. The summed E-state index contributed by atoms with van der Waals surface area (Å²) < 4.78 is 11.6. The minimum Gasteiger partial charge on any atom is -0.387 e. The number of nitrogens with two attached hydrogens (primary N) is 1. The van der Waals surface area contributed by atoms with E-state index in [1.807, 2.05) is 0 Å². The Morgan fingerprint density at radius 1 is 1.20 bits per heavy atom. The molecule has 0 radical (unpaired) electrons. The predicted octanol–water partition coefficient (Wildman–Crippen LogP) is 1.36. The van der Waals surface area contributed by atoms with E-state index in [-0.39, 0.29) is 11.5 Å². The molecule has 0 amide bonds. The normalized spacial score (nSPS) is 35.0. The van der Waals surface area contributed by atoms with E-state index in [4.69, 9.17) is 20.6 Å². The lowest BCUT2D eigenvalue weighted by Crippen LogP contribution is -2.54. The van der Waals surface area contributed by atoms with E-state index < -0.39 is 0 Å². The van der Waals surface area contributed by atoms with Crippen LogP contribution in [-0.4, -0.2) is 55.3 Å². The molecule has 3 heterocycles. The van der Waals surface area contributed by atoms with Crippen LogP contribution in [0.5, 0.6) is 0 Å². The molecular weight excluding hydrogens is 254 g/mol. The molecule has 0 aliphatic carbocycles. The van der Waals surface area contributed by atoms with Gasteiger partial charge in [0.2, 0.25) is 0 Å². The van der Waals surface area contributed by atoms with E-state index in [0.717, 1.165) is 71.4 Å². The molecule has 0 aromatic rings. The fourth-order valence-electron chi connectivity index (χ4n) is 4.00. The fourth-order valence-corrected chi connectivity index (χ4v) is 4.00. The van der Waals surface area contributed by atoms with Crippen molar-refractivity contribution < 1.29 is 9.47 Å². The summed E-state index contributed by atoms with van der Waals surface area (Å²) in [5.74, 6) is 0.625. The van der Waals surface area contributed by atoms with Crippen molar-refractivity contribution in [3.63, 3.8) is 0 Å². The summed E-state index contributed by atoms with van der Waals surface area (Å²) in [5, 5.41) is 7.69. The highest BCUT2D eigenvalue weighted by atomic mass is 16.5. The zero-order valence-electron chi connectivity index (χ0n) is 12.3. The number of nitrogens with zero attached hydrogens (tertiary/aromatic N) is 1. The van der Waals surface area contributed by atoms with Gasteiger partial charge >= 0.3 is 0 Å². The van der Waals surface area contributed by atoms with Gasteiger partial charge in [-0.3, -0.25) is 10.3 Å². The van der Waals surface area contributed by atoms with Gasteiger partial charge in [-0.1, -0.05) is 0 Å². The lowest BCUT2D eigenvalue weighted by Gasteiger charge is -2.48. The molecule has 2 atom stereocenters. The Morgan fingerprint density at radius 3 is 2.75 bits per heavy atom. The Hall–Kier alpha value is -0.650. The van der Waals surface area contributed by atoms with Crippen LogP contribution in [-0.2, 0) is 9.47 Å². The molecule has 0 aromatic heterocycles. The summed E-state index contributed by atoms with van der Waals surface area (Å²) in [6.45, 7) is 4.66. The average Bonchev–Trinajstić information content (AvgIpc) is 2.48. The van der Waals surface area contributed by atoms with Crippen molar-refractivity contribution >= 4 is 5.84 Å². The Labute approximate surface area is 121 Å². The van der Waals surface area contributed by atoms with E-state index in [1.54, 1.807) is 0 Å². The third-order valence-electron chi connectivity index (χ3n) is 5.28. The van der Waals surface area contributed by atoms with Crippen LogP contribution < -0.4 is 5.73 Å². The number of likely N-dealkylation sites (tertiary alicyclic amines) is 1. The van der Waals surface area contributed by atoms with Crippen molar-refractivity contribution in [1.29, 1.82) is 5.41 Å².